The summed E-state index contributed by atoms with van der Waals surface area (Å²) >= 11 is 1.53. The SMILES string of the molecule is C1CCC(c2nnc(SCc3nc(C4CC4)n[nH]3)o2)CC1. The van der Waals surface area contributed by atoms with Crippen molar-refractivity contribution in [2.45, 2.75) is 67.8 Å². The largest absolute Gasteiger partial charge is 0.416 e. The first-order chi connectivity index (χ1) is 10.4. The summed E-state index contributed by atoms with van der Waals surface area (Å²) in [5.41, 5.74) is 0. The second kappa shape index (κ2) is 5.79. The van der Waals surface area contributed by atoms with Gasteiger partial charge in [0.25, 0.3) is 5.22 Å². The summed E-state index contributed by atoms with van der Waals surface area (Å²) in [5.74, 6) is 4.41. The molecule has 2 aromatic heterocycles. The number of aromatic nitrogens is 5. The van der Waals surface area contributed by atoms with Gasteiger partial charge in [-0.15, -0.1) is 10.2 Å². The molecule has 2 aliphatic rings. The number of nitrogens with zero attached hydrogens (tertiary/aromatic N) is 4. The normalized spacial score (nSPS) is 20.0. The molecule has 2 fully saturated rings. The molecule has 0 unspecified atom stereocenters. The third-order valence-corrected chi connectivity index (χ3v) is 5.03. The van der Waals surface area contributed by atoms with Gasteiger partial charge in [0.1, 0.15) is 5.82 Å². The molecule has 0 amide bonds. The van der Waals surface area contributed by atoms with Crippen LogP contribution in [0, 0.1) is 0 Å². The molecule has 0 radical (unpaired) electrons. The van der Waals surface area contributed by atoms with Gasteiger partial charge in [-0.25, -0.2) is 4.98 Å². The van der Waals surface area contributed by atoms with E-state index in [1.54, 1.807) is 0 Å². The summed E-state index contributed by atoms with van der Waals surface area (Å²) in [6.45, 7) is 0. The van der Waals surface area contributed by atoms with Gasteiger partial charge in [0.15, 0.2) is 5.82 Å². The van der Waals surface area contributed by atoms with E-state index in [-0.39, 0.29) is 0 Å². The van der Waals surface area contributed by atoms with Gasteiger partial charge in [-0.3, -0.25) is 5.10 Å². The Morgan fingerprint density at radius 2 is 1.90 bits per heavy atom. The van der Waals surface area contributed by atoms with Crippen LogP contribution in [0.4, 0.5) is 0 Å². The minimum atomic E-state index is 0.465. The lowest BCUT2D eigenvalue weighted by Gasteiger charge is -2.17. The average molecular weight is 305 g/mol. The summed E-state index contributed by atoms with van der Waals surface area (Å²) in [6.07, 6.45) is 8.69. The summed E-state index contributed by atoms with van der Waals surface area (Å²) < 4.78 is 5.79. The second-order valence-corrected chi connectivity index (χ2v) is 6.87. The zero-order valence-electron chi connectivity index (χ0n) is 11.9. The monoisotopic (exact) mass is 305 g/mol. The maximum atomic E-state index is 5.79. The van der Waals surface area contributed by atoms with Gasteiger partial charge < -0.3 is 4.42 Å². The summed E-state index contributed by atoms with van der Waals surface area (Å²) in [7, 11) is 0. The molecule has 1 N–H and O–H groups in total. The summed E-state index contributed by atoms with van der Waals surface area (Å²) in [5, 5.41) is 16.2. The van der Waals surface area contributed by atoms with Gasteiger partial charge in [-0.2, -0.15) is 5.10 Å². The zero-order valence-corrected chi connectivity index (χ0v) is 12.7. The zero-order chi connectivity index (χ0) is 14.1. The van der Waals surface area contributed by atoms with Gasteiger partial charge in [0, 0.05) is 11.8 Å². The Labute approximate surface area is 127 Å². The van der Waals surface area contributed by atoms with E-state index in [1.165, 1.54) is 56.7 Å². The van der Waals surface area contributed by atoms with E-state index in [0.29, 0.717) is 22.8 Å². The molecule has 6 nitrogen and oxygen atoms in total. The van der Waals surface area contributed by atoms with Crippen LogP contribution in [-0.2, 0) is 5.75 Å². The quantitative estimate of drug-likeness (QED) is 0.853. The number of hydrogen-bond donors (Lipinski definition) is 1. The van der Waals surface area contributed by atoms with Crippen LogP contribution in [0.15, 0.2) is 9.64 Å². The van der Waals surface area contributed by atoms with Crippen LogP contribution in [0.1, 0.15) is 74.3 Å². The first-order valence-corrected chi connectivity index (χ1v) is 8.74. The molecule has 2 saturated carbocycles. The van der Waals surface area contributed by atoms with Crippen molar-refractivity contribution in [1.29, 1.82) is 0 Å². The van der Waals surface area contributed by atoms with Crippen molar-refractivity contribution in [2.24, 2.45) is 0 Å². The van der Waals surface area contributed by atoms with Crippen molar-refractivity contribution in [2.75, 3.05) is 0 Å². The molecule has 21 heavy (non-hydrogen) atoms. The highest BCUT2D eigenvalue weighted by molar-refractivity contribution is 7.98. The minimum absolute atomic E-state index is 0.465. The maximum absolute atomic E-state index is 5.79. The Morgan fingerprint density at radius 3 is 2.71 bits per heavy atom. The Balaban J connectivity index is 1.34. The first kappa shape index (κ1) is 13.3. The Kier molecular flexibility index (Phi) is 3.67. The van der Waals surface area contributed by atoms with E-state index in [0.717, 1.165) is 17.5 Å². The molecule has 4 rings (SSSR count). The van der Waals surface area contributed by atoms with Crippen LogP contribution in [0.25, 0.3) is 0 Å². The molecule has 112 valence electrons. The maximum Gasteiger partial charge on any atom is 0.277 e. The van der Waals surface area contributed by atoms with Crippen LogP contribution >= 0.6 is 11.8 Å². The third-order valence-electron chi connectivity index (χ3n) is 4.20. The van der Waals surface area contributed by atoms with Crippen molar-refractivity contribution in [3.05, 3.63) is 17.5 Å². The summed E-state index contributed by atoms with van der Waals surface area (Å²) in [4.78, 5) is 4.51. The highest BCUT2D eigenvalue weighted by Gasteiger charge is 2.27. The highest BCUT2D eigenvalue weighted by Crippen LogP contribution is 2.38. The van der Waals surface area contributed by atoms with Crippen molar-refractivity contribution in [3.63, 3.8) is 0 Å². The lowest BCUT2D eigenvalue weighted by atomic mass is 9.89. The standard InChI is InChI=1S/C14H19N5OS/c1-2-4-10(5-3-1)13-18-19-14(20-13)21-8-11-15-12(17-16-11)9-6-7-9/h9-10H,1-8H2,(H,15,16,17). The fourth-order valence-corrected chi connectivity index (χ4v) is 3.45. The van der Waals surface area contributed by atoms with E-state index < -0.39 is 0 Å². The van der Waals surface area contributed by atoms with Crippen molar-refractivity contribution in [3.8, 4) is 0 Å². The van der Waals surface area contributed by atoms with E-state index in [4.69, 9.17) is 4.42 Å². The molecule has 2 heterocycles. The molecule has 2 aromatic rings. The van der Waals surface area contributed by atoms with Gasteiger partial charge in [0.05, 0.1) is 5.75 Å². The van der Waals surface area contributed by atoms with E-state index in [1.807, 2.05) is 0 Å². The Bertz CT molecular complexity index is 600. The van der Waals surface area contributed by atoms with Crippen LogP contribution < -0.4 is 0 Å². The molecule has 2 aliphatic carbocycles. The van der Waals surface area contributed by atoms with Crippen molar-refractivity contribution >= 4 is 11.8 Å². The van der Waals surface area contributed by atoms with Gasteiger partial charge in [-0.1, -0.05) is 31.0 Å². The number of nitrogens with one attached hydrogen (secondary N) is 1. The van der Waals surface area contributed by atoms with E-state index >= 15 is 0 Å². The molecule has 0 aromatic carbocycles. The van der Waals surface area contributed by atoms with Crippen molar-refractivity contribution < 1.29 is 4.42 Å². The van der Waals surface area contributed by atoms with Gasteiger partial charge >= 0.3 is 0 Å². The molecule has 0 spiro atoms. The molecule has 0 aliphatic heterocycles. The number of aromatic amines is 1. The van der Waals surface area contributed by atoms with Crippen LogP contribution in [0.3, 0.4) is 0 Å². The topological polar surface area (TPSA) is 80.5 Å². The fourth-order valence-electron chi connectivity index (χ4n) is 2.82. The second-order valence-electron chi connectivity index (χ2n) is 5.94. The number of hydrogen-bond acceptors (Lipinski definition) is 6. The third kappa shape index (κ3) is 3.12. The minimum Gasteiger partial charge on any atom is -0.416 e. The van der Waals surface area contributed by atoms with E-state index in [2.05, 4.69) is 25.4 Å². The van der Waals surface area contributed by atoms with Crippen LogP contribution in [0.5, 0.6) is 0 Å². The number of rotatable bonds is 5. The first-order valence-electron chi connectivity index (χ1n) is 7.76. The lowest BCUT2D eigenvalue weighted by molar-refractivity contribution is 0.334. The highest BCUT2D eigenvalue weighted by atomic mass is 32.2. The predicted molar refractivity (Wildman–Crippen MR) is 78.0 cm³/mol. The Morgan fingerprint density at radius 1 is 1.05 bits per heavy atom. The smallest absolute Gasteiger partial charge is 0.277 e. The Hall–Kier alpha value is -1.37. The number of thioether (sulfide) groups is 1. The van der Waals surface area contributed by atoms with Crippen molar-refractivity contribution in [1.82, 2.24) is 25.4 Å². The molecular weight excluding hydrogens is 286 g/mol. The molecule has 0 atom stereocenters. The predicted octanol–water partition coefficient (Wildman–Crippen LogP) is 3.41. The van der Waals surface area contributed by atoms with Crippen LogP contribution in [0.2, 0.25) is 0 Å². The summed E-state index contributed by atoms with van der Waals surface area (Å²) in [6, 6.07) is 0. The molecule has 0 bridgehead atoms. The lowest BCUT2D eigenvalue weighted by Crippen LogP contribution is -2.04. The fraction of sp³-hybridized carbons (Fsp3) is 0.714. The molecule has 7 heteroatoms. The van der Waals surface area contributed by atoms with Crippen LogP contribution in [-0.4, -0.2) is 25.4 Å². The molecule has 0 saturated heterocycles. The average Bonchev–Trinajstić information content (AvgIpc) is 3.09. The molecular formula is C14H19N5OS. The van der Waals surface area contributed by atoms with Gasteiger partial charge in [0.2, 0.25) is 5.89 Å². The van der Waals surface area contributed by atoms with Gasteiger partial charge in [-0.05, 0) is 25.7 Å². The van der Waals surface area contributed by atoms with E-state index in [9.17, 15) is 0 Å². The number of H-pyrrole nitrogens is 1.